The summed E-state index contributed by atoms with van der Waals surface area (Å²) in [7, 11) is -6.04. The number of sulfone groups is 2. The van der Waals surface area contributed by atoms with Gasteiger partial charge < -0.3 is 19.8 Å². The molecule has 0 aliphatic carbocycles. The van der Waals surface area contributed by atoms with Crippen molar-refractivity contribution in [3.63, 3.8) is 0 Å². The molecule has 0 spiro atoms. The SMILES string of the molecule is CS(=O)(=O)CCNCc1ccc(-c2ccc3ncnc(Nc4ccc(OCc5cccc(F)c5)c(Cl)c4)c3c2)o1.Cc1ccc(S(C)(=O)=O)cc1. The van der Waals surface area contributed by atoms with Crippen LogP contribution < -0.4 is 15.4 Å². The van der Waals surface area contributed by atoms with E-state index in [2.05, 4.69) is 20.6 Å². The van der Waals surface area contributed by atoms with Gasteiger partial charge in [0.2, 0.25) is 0 Å². The van der Waals surface area contributed by atoms with Gasteiger partial charge in [0, 0.05) is 35.7 Å². The van der Waals surface area contributed by atoms with Crippen molar-refractivity contribution in [2.45, 2.75) is 25.0 Å². The van der Waals surface area contributed by atoms with Crippen LogP contribution in [0, 0.1) is 12.7 Å². The van der Waals surface area contributed by atoms with Gasteiger partial charge in [-0.3, -0.25) is 0 Å². The molecule has 266 valence electrons. The van der Waals surface area contributed by atoms with E-state index >= 15 is 0 Å². The highest BCUT2D eigenvalue weighted by Gasteiger charge is 2.12. The zero-order valence-electron chi connectivity index (χ0n) is 28.1. The maximum Gasteiger partial charge on any atom is 0.175 e. The van der Waals surface area contributed by atoms with Crippen LogP contribution in [0.3, 0.4) is 0 Å². The summed E-state index contributed by atoms with van der Waals surface area (Å²) in [6.45, 7) is 2.88. The van der Waals surface area contributed by atoms with Crippen LogP contribution in [0.1, 0.15) is 16.9 Å². The minimum Gasteiger partial charge on any atom is -0.487 e. The second-order valence-electron chi connectivity index (χ2n) is 11.8. The third-order valence-corrected chi connectivity index (χ3v) is 9.83. The summed E-state index contributed by atoms with van der Waals surface area (Å²) in [5.74, 6) is 2.17. The Bertz CT molecular complexity index is 2350. The summed E-state index contributed by atoms with van der Waals surface area (Å²) in [6, 6.07) is 27.8. The van der Waals surface area contributed by atoms with E-state index in [1.165, 1.54) is 31.0 Å². The fraction of sp³-hybridized carbons (Fsp3) is 0.189. The lowest BCUT2D eigenvalue weighted by Crippen LogP contribution is -2.21. The summed E-state index contributed by atoms with van der Waals surface area (Å²) in [4.78, 5) is 9.17. The summed E-state index contributed by atoms with van der Waals surface area (Å²) < 4.78 is 69.7. The third kappa shape index (κ3) is 11.1. The number of nitrogens with zero attached hydrogens (tertiary/aromatic N) is 2. The van der Waals surface area contributed by atoms with Gasteiger partial charge in [-0.1, -0.05) is 41.4 Å². The second-order valence-corrected chi connectivity index (χ2v) is 16.5. The summed E-state index contributed by atoms with van der Waals surface area (Å²) in [5, 5.41) is 7.56. The molecule has 0 bridgehead atoms. The Morgan fingerprint density at radius 1 is 0.882 bits per heavy atom. The van der Waals surface area contributed by atoms with E-state index in [1.54, 1.807) is 48.5 Å². The summed E-state index contributed by atoms with van der Waals surface area (Å²) >= 11 is 6.47. The molecule has 0 radical (unpaired) electrons. The van der Waals surface area contributed by atoms with Crippen LogP contribution in [0.4, 0.5) is 15.9 Å². The van der Waals surface area contributed by atoms with Crippen molar-refractivity contribution in [1.82, 2.24) is 15.3 Å². The van der Waals surface area contributed by atoms with E-state index in [4.69, 9.17) is 20.8 Å². The molecule has 51 heavy (non-hydrogen) atoms. The average Bonchev–Trinajstić information content (AvgIpc) is 3.55. The first-order valence-electron chi connectivity index (χ1n) is 15.7. The number of benzene rings is 4. The molecule has 0 atom stereocenters. The Morgan fingerprint density at radius 2 is 1.67 bits per heavy atom. The van der Waals surface area contributed by atoms with Crippen molar-refractivity contribution < 1.29 is 30.4 Å². The second kappa shape index (κ2) is 16.5. The molecule has 0 fully saturated rings. The lowest BCUT2D eigenvalue weighted by molar-refractivity contribution is 0.306. The fourth-order valence-electron chi connectivity index (χ4n) is 4.81. The fourth-order valence-corrected chi connectivity index (χ4v) is 6.19. The van der Waals surface area contributed by atoms with Gasteiger partial charge in [-0.25, -0.2) is 31.2 Å². The third-order valence-electron chi connectivity index (χ3n) is 7.46. The van der Waals surface area contributed by atoms with Gasteiger partial charge in [-0.05, 0) is 85.3 Å². The highest BCUT2D eigenvalue weighted by Crippen LogP contribution is 2.33. The molecule has 2 heterocycles. The summed E-state index contributed by atoms with van der Waals surface area (Å²) in [5.41, 5.74) is 4.06. The lowest BCUT2D eigenvalue weighted by atomic mass is 10.1. The first kappa shape index (κ1) is 37.4. The Kier molecular flexibility index (Phi) is 12.1. The molecule has 0 amide bonds. The van der Waals surface area contributed by atoms with Gasteiger partial charge in [-0.15, -0.1) is 0 Å². The van der Waals surface area contributed by atoms with Crippen molar-refractivity contribution >= 4 is 53.7 Å². The van der Waals surface area contributed by atoms with Crippen LogP contribution in [-0.2, 0) is 32.8 Å². The number of aryl methyl sites for hydroxylation is 1. The standard InChI is InChI=1S/C29H26ClFN4O4S.C8H10O2S/c1-40(36,37)12-11-32-16-23-7-10-27(39-23)20-5-8-26-24(14-20)29(34-18-33-26)35-22-6-9-28(25(30)15-22)38-17-19-3-2-4-21(31)13-19;1-7-3-5-8(6-4-7)11(2,9)10/h2-10,13-15,18,32H,11-12,16-17H2,1H3,(H,33,34,35);3-6H,1-2H3. The molecule has 0 saturated carbocycles. The van der Waals surface area contributed by atoms with E-state index in [-0.39, 0.29) is 18.2 Å². The Balaban J connectivity index is 0.000000392. The number of ether oxygens (including phenoxy) is 1. The van der Waals surface area contributed by atoms with Crippen molar-refractivity contribution in [2.75, 3.05) is 30.1 Å². The van der Waals surface area contributed by atoms with Crippen LogP contribution in [0.5, 0.6) is 5.75 Å². The predicted molar refractivity (Wildman–Crippen MR) is 198 cm³/mol. The number of furan rings is 1. The zero-order chi connectivity index (χ0) is 36.6. The molecule has 2 N–H and O–H groups in total. The smallest absolute Gasteiger partial charge is 0.175 e. The predicted octanol–water partition coefficient (Wildman–Crippen LogP) is 7.54. The minimum absolute atomic E-state index is 0.0664. The highest BCUT2D eigenvalue weighted by atomic mass is 35.5. The first-order chi connectivity index (χ1) is 24.2. The number of aromatic nitrogens is 2. The zero-order valence-corrected chi connectivity index (χ0v) is 30.4. The normalized spacial score (nSPS) is 11.5. The largest absolute Gasteiger partial charge is 0.487 e. The van der Waals surface area contributed by atoms with E-state index in [0.717, 1.165) is 22.0 Å². The molecule has 2 aromatic heterocycles. The number of rotatable bonds is 12. The molecule has 10 nitrogen and oxygen atoms in total. The topological polar surface area (TPSA) is 140 Å². The van der Waals surface area contributed by atoms with Crippen molar-refractivity contribution in [3.8, 4) is 17.1 Å². The van der Waals surface area contributed by atoms with Crippen molar-refractivity contribution in [3.05, 3.63) is 131 Å². The minimum atomic E-state index is -3.02. The number of hydrogen-bond donors (Lipinski definition) is 2. The molecule has 0 aliphatic heterocycles. The Morgan fingerprint density at radius 3 is 2.37 bits per heavy atom. The number of hydrogen-bond acceptors (Lipinski definition) is 10. The monoisotopic (exact) mass is 750 g/mol. The van der Waals surface area contributed by atoms with Gasteiger partial charge in [0.25, 0.3) is 0 Å². The molecule has 14 heteroatoms. The van der Waals surface area contributed by atoms with Crippen molar-refractivity contribution in [1.29, 1.82) is 0 Å². The number of nitrogens with one attached hydrogen (secondary N) is 2. The van der Waals surface area contributed by atoms with Gasteiger partial charge in [0.05, 0.1) is 27.7 Å². The van der Waals surface area contributed by atoms with Crippen LogP contribution in [0.25, 0.3) is 22.2 Å². The van der Waals surface area contributed by atoms with Crippen LogP contribution in [0.15, 0.2) is 113 Å². The molecule has 4 aromatic carbocycles. The molecule has 6 rings (SSSR count). The maximum atomic E-state index is 13.4. The van der Waals surface area contributed by atoms with Crippen LogP contribution >= 0.6 is 11.6 Å². The first-order valence-corrected chi connectivity index (χ1v) is 20.0. The Hall–Kier alpha value is -4.82. The van der Waals surface area contributed by atoms with E-state index in [0.29, 0.717) is 57.3 Å². The van der Waals surface area contributed by atoms with E-state index in [1.807, 2.05) is 43.3 Å². The van der Waals surface area contributed by atoms with Gasteiger partial charge in [0.15, 0.2) is 9.84 Å². The number of halogens is 2. The maximum absolute atomic E-state index is 13.4. The highest BCUT2D eigenvalue weighted by molar-refractivity contribution is 7.91. The number of anilines is 2. The molecule has 0 saturated heterocycles. The van der Waals surface area contributed by atoms with Crippen molar-refractivity contribution in [2.24, 2.45) is 0 Å². The van der Waals surface area contributed by atoms with Gasteiger partial charge in [-0.2, -0.15) is 0 Å². The lowest BCUT2D eigenvalue weighted by Gasteiger charge is -2.12. The quantitative estimate of drug-likeness (QED) is 0.121. The van der Waals surface area contributed by atoms with Gasteiger partial charge in [0.1, 0.15) is 51.7 Å². The van der Waals surface area contributed by atoms with Crippen LogP contribution in [0.2, 0.25) is 5.02 Å². The molecule has 6 aromatic rings. The van der Waals surface area contributed by atoms with Gasteiger partial charge >= 0.3 is 0 Å². The van der Waals surface area contributed by atoms with E-state index < -0.39 is 19.7 Å². The molecule has 0 aliphatic rings. The Labute approximate surface area is 301 Å². The van der Waals surface area contributed by atoms with Crippen LogP contribution in [-0.4, -0.2) is 51.6 Å². The molecule has 0 unspecified atom stereocenters. The average molecular weight is 751 g/mol. The molecular formula is C37H36ClFN4O6S2. The number of fused-ring (bicyclic) bond motifs is 1. The summed E-state index contributed by atoms with van der Waals surface area (Å²) in [6.07, 6.45) is 3.90. The van der Waals surface area contributed by atoms with E-state index in [9.17, 15) is 21.2 Å². The molecular weight excluding hydrogens is 715 g/mol.